The first-order valence-electron chi connectivity index (χ1n) is 5.80. The largest absolute Gasteiger partial charge is 0.493 e. The van der Waals surface area contributed by atoms with Crippen molar-refractivity contribution in [1.29, 1.82) is 0 Å². The Labute approximate surface area is 91.6 Å². The van der Waals surface area contributed by atoms with Crippen molar-refractivity contribution in [3.05, 3.63) is 29.3 Å². The number of fused-ring (bicyclic) bond motifs is 1. The molecule has 0 aliphatic carbocycles. The maximum atomic E-state index is 5.76. The molecule has 0 saturated carbocycles. The Bertz CT molecular complexity index is 322. The quantitative estimate of drug-likeness (QED) is 0.761. The molecule has 2 heteroatoms. The molecular formula is C13H19NO. The number of rotatable bonds is 4. The average molecular weight is 205 g/mol. The minimum atomic E-state index is 0.885. The average Bonchev–Trinajstić information content (AvgIpc) is 2.30. The summed E-state index contributed by atoms with van der Waals surface area (Å²) in [7, 11) is 2.00. The van der Waals surface area contributed by atoms with E-state index in [1.54, 1.807) is 0 Å². The van der Waals surface area contributed by atoms with E-state index in [2.05, 4.69) is 23.5 Å². The van der Waals surface area contributed by atoms with Gasteiger partial charge in [-0.25, -0.2) is 0 Å². The van der Waals surface area contributed by atoms with Gasteiger partial charge in [-0.1, -0.05) is 18.2 Å². The first-order valence-corrected chi connectivity index (χ1v) is 5.80. The van der Waals surface area contributed by atoms with E-state index in [0.29, 0.717) is 0 Å². The second kappa shape index (κ2) is 5.17. The van der Waals surface area contributed by atoms with E-state index in [-0.39, 0.29) is 0 Å². The molecule has 15 heavy (non-hydrogen) atoms. The molecule has 2 rings (SSSR count). The smallest absolute Gasteiger partial charge is 0.125 e. The summed E-state index contributed by atoms with van der Waals surface area (Å²) in [5, 5.41) is 3.18. The van der Waals surface area contributed by atoms with Gasteiger partial charge in [0.1, 0.15) is 5.75 Å². The van der Waals surface area contributed by atoms with Crippen LogP contribution in [0.15, 0.2) is 18.2 Å². The summed E-state index contributed by atoms with van der Waals surface area (Å²) in [5.41, 5.74) is 2.77. The van der Waals surface area contributed by atoms with Crippen LogP contribution in [0.1, 0.15) is 24.0 Å². The summed E-state index contributed by atoms with van der Waals surface area (Å²) in [4.78, 5) is 0. The van der Waals surface area contributed by atoms with Gasteiger partial charge in [-0.05, 0) is 50.4 Å². The van der Waals surface area contributed by atoms with Gasteiger partial charge in [-0.3, -0.25) is 0 Å². The lowest BCUT2D eigenvalue weighted by Crippen LogP contribution is -2.12. The second-order valence-electron chi connectivity index (χ2n) is 4.06. The summed E-state index contributed by atoms with van der Waals surface area (Å²) in [5.74, 6) is 1.17. The molecule has 0 fully saturated rings. The van der Waals surface area contributed by atoms with Crippen LogP contribution in [0.2, 0.25) is 0 Å². The monoisotopic (exact) mass is 205 g/mol. The van der Waals surface area contributed by atoms with Crippen LogP contribution in [0.3, 0.4) is 0 Å². The zero-order chi connectivity index (χ0) is 10.5. The van der Waals surface area contributed by atoms with Gasteiger partial charge >= 0.3 is 0 Å². The third kappa shape index (κ3) is 2.51. The van der Waals surface area contributed by atoms with Crippen molar-refractivity contribution in [2.45, 2.75) is 25.7 Å². The summed E-state index contributed by atoms with van der Waals surface area (Å²) in [6, 6.07) is 6.54. The first kappa shape index (κ1) is 10.5. The third-order valence-electron chi connectivity index (χ3n) is 2.89. The Balaban J connectivity index is 2.09. The number of hydrogen-bond acceptors (Lipinski definition) is 2. The molecule has 1 aromatic rings. The second-order valence-corrected chi connectivity index (χ2v) is 4.06. The molecule has 0 unspecified atom stereocenters. The van der Waals surface area contributed by atoms with Crippen LogP contribution in [-0.2, 0) is 12.8 Å². The maximum Gasteiger partial charge on any atom is 0.125 e. The van der Waals surface area contributed by atoms with E-state index < -0.39 is 0 Å². The molecule has 0 bridgehead atoms. The minimum Gasteiger partial charge on any atom is -0.493 e. The summed E-state index contributed by atoms with van der Waals surface area (Å²) < 4.78 is 5.76. The van der Waals surface area contributed by atoms with Crippen LogP contribution in [0.4, 0.5) is 0 Å². The van der Waals surface area contributed by atoms with Gasteiger partial charge in [0.2, 0.25) is 0 Å². The van der Waals surface area contributed by atoms with Crippen LogP contribution >= 0.6 is 0 Å². The van der Waals surface area contributed by atoms with E-state index in [0.717, 1.165) is 26.0 Å². The predicted octanol–water partition coefficient (Wildman–Crippen LogP) is 2.16. The summed E-state index contributed by atoms with van der Waals surface area (Å²) in [6.45, 7) is 1.96. The highest BCUT2D eigenvalue weighted by atomic mass is 16.5. The highest BCUT2D eigenvalue weighted by molar-refractivity contribution is 5.42. The van der Waals surface area contributed by atoms with Gasteiger partial charge in [0.05, 0.1) is 6.61 Å². The zero-order valence-corrected chi connectivity index (χ0v) is 9.38. The molecule has 0 aromatic heterocycles. The predicted molar refractivity (Wildman–Crippen MR) is 62.5 cm³/mol. The molecule has 1 aromatic carbocycles. The van der Waals surface area contributed by atoms with Crippen molar-refractivity contribution in [3.8, 4) is 5.75 Å². The Kier molecular flexibility index (Phi) is 3.62. The van der Waals surface area contributed by atoms with E-state index >= 15 is 0 Å². The number of nitrogens with one attached hydrogen (secondary N) is 1. The lowest BCUT2D eigenvalue weighted by Gasteiger charge is -2.20. The van der Waals surface area contributed by atoms with Crippen molar-refractivity contribution >= 4 is 0 Å². The lowest BCUT2D eigenvalue weighted by atomic mass is 10.00. The number of aryl methyl sites for hydroxylation is 2. The molecular weight excluding hydrogens is 186 g/mol. The Morgan fingerprint density at radius 3 is 3.20 bits per heavy atom. The molecule has 1 N–H and O–H groups in total. The van der Waals surface area contributed by atoms with Crippen molar-refractivity contribution < 1.29 is 4.74 Å². The Hall–Kier alpha value is -1.02. The Morgan fingerprint density at radius 1 is 1.40 bits per heavy atom. The number of hydrogen-bond donors (Lipinski definition) is 1. The van der Waals surface area contributed by atoms with Crippen LogP contribution in [0, 0.1) is 0 Å². The van der Waals surface area contributed by atoms with Gasteiger partial charge in [-0.2, -0.15) is 0 Å². The van der Waals surface area contributed by atoms with Gasteiger partial charge < -0.3 is 10.1 Å². The number of benzene rings is 1. The zero-order valence-electron chi connectivity index (χ0n) is 9.38. The van der Waals surface area contributed by atoms with Crippen molar-refractivity contribution in [2.75, 3.05) is 20.2 Å². The van der Waals surface area contributed by atoms with Crippen molar-refractivity contribution in [2.24, 2.45) is 0 Å². The molecule has 0 radical (unpaired) electrons. The molecule has 0 saturated heterocycles. The molecule has 0 amide bonds. The van der Waals surface area contributed by atoms with E-state index in [1.165, 1.54) is 29.7 Å². The van der Waals surface area contributed by atoms with Gasteiger partial charge in [-0.15, -0.1) is 0 Å². The van der Waals surface area contributed by atoms with E-state index in [9.17, 15) is 0 Å². The molecule has 82 valence electrons. The topological polar surface area (TPSA) is 21.3 Å². The van der Waals surface area contributed by atoms with Gasteiger partial charge in [0, 0.05) is 0 Å². The van der Waals surface area contributed by atoms with Crippen LogP contribution in [0.25, 0.3) is 0 Å². The van der Waals surface area contributed by atoms with Crippen LogP contribution in [0.5, 0.6) is 5.75 Å². The standard InChI is InChI=1S/C13H19NO/c1-14-9-3-7-11-5-2-6-12-8-4-10-15-13(11)12/h2,5-6,14H,3-4,7-10H2,1H3. The third-order valence-corrected chi connectivity index (χ3v) is 2.89. The number of ether oxygens (including phenoxy) is 1. The molecule has 2 nitrogen and oxygen atoms in total. The molecule has 1 heterocycles. The van der Waals surface area contributed by atoms with E-state index in [1.807, 2.05) is 7.05 Å². The molecule has 1 aliphatic rings. The Morgan fingerprint density at radius 2 is 2.33 bits per heavy atom. The molecule has 0 atom stereocenters. The highest BCUT2D eigenvalue weighted by Crippen LogP contribution is 2.29. The lowest BCUT2D eigenvalue weighted by molar-refractivity contribution is 0.285. The fraction of sp³-hybridized carbons (Fsp3) is 0.538. The molecule has 0 spiro atoms. The number of para-hydroxylation sites is 1. The van der Waals surface area contributed by atoms with Crippen LogP contribution in [-0.4, -0.2) is 20.2 Å². The first-order chi connectivity index (χ1) is 7.42. The molecule has 1 aliphatic heterocycles. The van der Waals surface area contributed by atoms with Gasteiger partial charge in [0.15, 0.2) is 0 Å². The maximum absolute atomic E-state index is 5.76. The normalized spacial score (nSPS) is 14.5. The fourth-order valence-electron chi connectivity index (χ4n) is 2.11. The van der Waals surface area contributed by atoms with Crippen molar-refractivity contribution in [3.63, 3.8) is 0 Å². The highest BCUT2D eigenvalue weighted by Gasteiger charge is 2.13. The minimum absolute atomic E-state index is 0.885. The van der Waals surface area contributed by atoms with Gasteiger partial charge in [0.25, 0.3) is 0 Å². The SMILES string of the molecule is CNCCCc1cccc2c1OCCC2. The van der Waals surface area contributed by atoms with E-state index in [4.69, 9.17) is 4.74 Å². The van der Waals surface area contributed by atoms with Crippen molar-refractivity contribution in [1.82, 2.24) is 5.32 Å². The summed E-state index contributed by atoms with van der Waals surface area (Å²) >= 11 is 0. The summed E-state index contributed by atoms with van der Waals surface area (Å²) in [6.07, 6.45) is 4.63. The fourth-order valence-corrected chi connectivity index (χ4v) is 2.11. The van der Waals surface area contributed by atoms with Crippen LogP contribution < -0.4 is 10.1 Å².